The van der Waals surface area contributed by atoms with E-state index in [1.165, 1.54) is 26.4 Å². The van der Waals surface area contributed by atoms with E-state index in [4.69, 9.17) is 9.47 Å². The minimum Gasteiger partial charge on any atom is -0.496 e. The summed E-state index contributed by atoms with van der Waals surface area (Å²) in [4.78, 5) is 10.8. The van der Waals surface area contributed by atoms with E-state index in [1.54, 1.807) is 0 Å². The maximum absolute atomic E-state index is 10.8. The Kier molecular flexibility index (Phi) is 6.27. The van der Waals surface area contributed by atoms with E-state index >= 15 is 0 Å². The standard InChI is InChI=1S/C13H17BrO5/c1-18-10-5-8(7-15)6-11(19-2)12(10)13(17)9(16)3-4-14/h5-7,9,13,16-17H,3-4H2,1-2H3. The molecule has 0 radical (unpaired) electrons. The van der Waals surface area contributed by atoms with Crippen LogP contribution in [0.3, 0.4) is 0 Å². The molecule has 0 saturated carbocycles. The molecule has 0 aliphatic heterocycles. The first-order chi connectivity index (χ1) is 9.08. The van der Waals surface area contributed by atoms with Gasteiger partial charge < -0.3 is 19.7 Å². The van der Waals surface area contributed by atoms with E-state index in [1.807, 2.05) is 0 Å². The Morgan fingerprint density at radius 2 is 1.79 bits per heavy atom. The van der Waals surface area contributed by atoms with Crippen molar-refractivity contribution in [2.75, 3.05) is 19.5 Å². The molecule has 0 heterocycles. The molecule has 2 atom stereocenters. The molecule has 6 heteroatoms. The zero-order valence-corrected chi connectivity index (χ0v) is 12.4. The fraction of sp³-hybridized carbons (Fsp3) is 0.462. The second-order valence-electron chi connectivity index (χ2n) is 3.95. The van der Waals surface area contributed by atoms with Gasteiger partial charge in [0.05, 0.1) is 25.9 Å². The fourth-order valence-electron chi connectivity index (χ4n) is 1.78. The lowest BCUT2D eigenvalue weighted by Gasteiger charge is -2.22. The number of hydrogen-bond acceptors (Lipinski definition) is 5. The minimum atomic E-state index is -1.15. The summed E-state index contributed by atoms with van der Waals surface area (Å²) in [6.45, 7) is 0. The molecule has 1 aromatic rings. The summed E-state index contributed by atoms with van der Waals surface area (Å²) < 4.78 is 10.3. The molecule has 0 saturated heterocycles. The van der Waals surface area contributed by atoms with E-state index in [2.05, 4.69) is 15.9 Å². The summed E-state index contributed by atoms with van der Waals surface area (Å²) >= 11 is 3.20. The number of halogens is 1. The first kappa shape index (κ1) is 15.9. The molecule has 0 aromatic heterocycles. The number of aliphatic hydroxyl groups excluding tert-OH is 2. The lowest BCUT2D eigenvalue weighted by atomic mass is 9.99. The topological polar surface area (TPSA) is 76.0 Å². The van der Waals surface area contributed by atoms with Gasteiger partial charge in [-0.25, -0.2) is 0 Å². The van der Waals surface area contributed by atoms with E-state index in [0.29, 0.717) is 40.7 Å². The molecular formula is C13H17BrO5. The van der Waals surface area contributed by atoms with Gasteiger partial charge in [-0.1, -0.05) is 15.9 Å². The average molecular weight is 333 g/mol. The Bertz CT molecular complexity index is 410. The highest BCUT2D eigenvalue weighted by Crippen LogP contribution is 2.37. The molecule has 0 aliphatic rings. The zero-order valence-electron chi connectivity index (χ0n) is 10.8. The average Bonchev–Trinajstić information content (AvgIpc) is 2.44. The molecule has 19 heavy (non-hydrogen) atoms. The van der Waals surface area contributed by atoms with Gasteiger partial charge in [0.1, 0.15) is 23.9 Å². The van der Waals surface area contributed by atoms with Crippen molar-refractivity contribution in [3.8, 4) is 11.5 Å². The molecular weight excluding hydrogens is 316 g/mol. The van der Waals surface area contributed by atoms with Gasteiger partial charge in [0, 0.05) is 10.9 Å². The van der Waals surface area contributed by atoms with Gasteiger partial charge in [0.2, 0.25) is 0 Å². The van der Waals surface area contributed by atoms with Crippen molar-refractivity contribution in [3.05, 3.63) is 23.3 Å². The molecule has 2 unspecified atom stereocenters. The molecule has 1 rings (SSSR count). The maximum atomic E-state index is 10.8. The van der Waals surface area contributed by atoms with E-state index in [-0.39, 0.29) is 0 Å². The summed E-state index contributed by atoms with van der Waals surface area (Å²) in [6.07, 6.45) is -1.06. The maximum Gasteiger partial charge on any atom is 0.150 e. The first-order valence-electron chi connectivity index (χ1n) is 5.72. The van der Waals surface area contributed by atoms with Crippen LogP contribution in [0.2, 0.25) is 0 Å². The normalized spacial score (nSPS) is 13.7. The number of hydrogen-bond donors (Lipinski definition) is 2. The Labute approximate surface area is 120 Å². The van der Waals surface area contributed by atoms with Crippen LogP contribution in [-0.2, 0) is 0 Å². The highest BCUT2D eigenvalue weighted by molar-refractivity contribution is 9.09. The van der Waals surface area contributed by atoms with Crippen LogP contribution in [0.1, 0.15) is 28.4 Å². The van der Waals surface area contributed by atoms with Gasteiger partial charge in [0.25, 0.3) is 0 Å². The van der Waals surface area contributed by atoms with Gasteiger partial charge in [-0.15, -0.1) is 0 Å². The van der Waals surface area contributed by atoms with Crippen LogP contribution in [-0.4, -0.2) is 42.2 Å². The number of methoxy groups -OCH3 is 2. The quantitative estimate of drug-likeness (QED) is 0.587. The van der Waals surface area contributed by atoms with Crippen LogP contribution >= 0.6 is 15.9 Å². The Morgan fingerprint density at radius 3 is 2.16 bits per heavy atom. The Morgan fingerprint density at radius 1 is 1.26 bits per heavy atom. The number of aliphatic hydroxyl groups is 2. The Hall–Kier alpha value is -1.11. The third-order valence-corrected chi connectivity index (χ3v) is 3.23. The van der Waals surface area contributed by atoms with Crippen LogP contribution < -0.4 is 9.47 Å². The van der Waals surface area contributed by atoms with Crippen molar-refractivity contribution in [2.24, 2.45) is 0 Å². The van der Waals surface area contributed by atoms with Gasteiger partial charge in [0.15, 0.2) is 0 Å². The second kappa shape index (κ2) is 7.47. The number of carbonyl (C=O) groups is 1. The van der Waals surface area contributed by atoms with Crippen LogP contribution in [0.25, 0.3) is 0 Å². The predicted molar refractivity (Wildman–Crippen MR) is 74.3 cm³/mol. The van der Waals surface area contributed by atoms with Crippen LogP contribution in [0.4, 0.5) is 0 Å². The third-order valence-electron chi connectivity index (χ3n) is 2.77. The van der Waals surface area contributed by atoms with Crippen LogP contribution in [0, 0.1) is 0 Å². The summed E-state index contributed by atoms with van der Waals surface area (Å²) in [6, 6.07) is 2.99. The Balaban J connectivity index is 3.26. The van der Waals surface area contributed by atoms with Crippen LogP contribution in [0.15, 0.2) is 12.1 Å². The minimum absolute atomic E-state index is 0.308. The summed E-state index contributed by atoms with van der Waals surface area (Å²) in [5.74, 6) is 0.616. The molecule has 0 bridgehead atoms. The summed E-state index contributed by atoms with van der Waals surface area (Å²) in [5.41, 5.74) is 0.712. The molecule has 2 N–H and O–H groups in total. The zero-order chi connectivity index (χ0) is 14.4. The van der Waals surface area contributed by atoms with Crippen molar-refractivity contribution in [3.63, 3.8) is 0 Å². The molecule has 0 fully saturated rings. The van der Waals surface area contributed by atoms with E-state index in [9.17, 15) is 15.0 Å². The van der Waals surface area contributed by atoms with E-state index < -0.39 is 12.2 Å². The van der Waals surface area contributed by atoms with Gasteiger partial charge in [-0.05, 0) is 18.6 Å². The smallest absolute Gasteiger partial charge is 0.150 e. The summed E-state index contributed by atoms with van der Waals surface area (Å²) in [5, 5.41) is 20.6. The third kappa shape index (κ3) is 3.68. The highest BCUT2D eigenvalue weighted by atomic mass is 79.9. The fourth-order valence-corrected chi connectivity index (χ4v) is 2.25. The number of ether oxygens (including phenoxy) is 2. The first-order valence-corrected chi connectivity index (χ1v) is 6.84. The highest BCUT2D eigenvalue weighted by Gasteiger charge is 2.26. The van der Waals surface area contributed by atoms with Crippen molar-refractivity contribution < 1.29 is 24.5 Å². The molecule has 0 spiro atoms. The van der Waals surface area contributed by atoms with Gasteiger partial charge in [-0.3, -0.25) is 4.79 Å². The van der Waals surface area contributed by atoms with Crippen molar-refractivity contribution in [1.29, 1.82) is 0 Å². The largest absolute Gasteiger partial charge is 0.496 e. The number of carbonyl (C=O) groups excluding carboxylic acids is 1. The number of alkyl halides is 1. The van der Waals surface area contributed by atoms with Crippen molar-refractivity contribution in [2.45, 2.75) is 18.6 Å². The van der Waals surface area contributed by atoms with Gasteiger partial charge in [-0.2, -0.15) is 0 Å². The van der Waals surface area contributed by atoms with Gasteiger partial charge >= 0.3 is 0 Å². The monoisotopic (exact) mass is 332 g/mol. The van der Waals surface area contributed by atoms with Crippen LogP contribution in [0.5, 0.6) is 11.5 Å². The molecule has 0 amide bonds. The lowest BCUT2D eigenvalue weighted by Crippen LogP contribution is -2.20. The molecule has 106 valence electrons. The second-order valence-corrected chi connectivity index (χ2v) is 4.74. The molecule has 1 aromatic carbocycles. The predicted octanol–water partition coefficient (Wildman–Crippen LogP) is 1.70. The SMILES string of the molecule is COc1cc(C=O)cc(OC)c1C(O)C(O)CCBr. The van der Waals surface area contributed by atoms with Crippen molar-refractivity contribution >= 4 is 22.2 Å². The van der Waals surface area contributed by atoms with E-state index in [0.717, 1.165) is 0 Å². The molecule has 0 aliphatic carbocycles. The summed E-state index contributed by atoms with van der Waals surface area (Å²) in [7, 11) is 2.85. The number of rotatable bonds is 7. The number of aldehydes is 1. The number of benzene rings is 1. The van der Waals surface area contributed by atoms with Crippen molar-refractivity contribution in [1.82, 2.24) is 0 Å². The lowest BCUT2D eigenvalue weighted by molar-refractivity contribution is 0.0146. The molecule has 5 nitrogen and oxygen atoms in total.